The normalized spacial score (nSPS) is 19.5. The van der Waals surface area contributed by atoms with E-state index in [0.717, 1.165) is 0 Å². The Hall–Kier alpha value is -2.29. The Morgan fingerprint density at radius 1 is 1.13 bits per heavy atom. The number of carbonyl (C=O) groups is 3. The van der Waals surface area contributed by atoms with Crippen molar-refractivity contribution < 1.29 is 28.6 Å². The van der Waals surface area contributed by atoms with Crippen LogP contribution >= 0.6 is 0 Å². The largest absolute Gasteiger partial charge is 0.469 e. The van der Waals surface area contributed by atoms with Crippen molar-refractivity contribution in [3.63, 3.8) is 0 Å². The molecular formula is C17H22O6. The Morgan fingerprint density at radius 2 is 1.74 bits per heavy atom. The van der Waals surface area contributed by atoms with Crippen molar-refractivity contribution in [3.8, 4) is 11.8 Å². The van der Waals surface area contributed by atoms with Gasteiger partial charge >= 0.3 is 17.9 Å². The number of methoxy groups -OCH3 is 3. The van der Waals surface area contributed by atoms with E-state index in [0.29, 0.717) is 6.42 Å². The monoisotopic (exact) mass is 322 g/mol. The predicted molar refractivity (Wildman–Crippen MR) is 81.9 cm³/mol. The molecule has 6 heteroatoms. The summed E-state index contributed by atoms with van der Waals surface area (Å²) in [4.78, 5) is 35.7. The molecule has 1 saturated carbocycles. The highest BCUT2D eigenvalue weighted by atomic mass is 16.5. The van der Waals surface area contributed by atoms with E-state index in [1.807, 2.05) is 6.08 Å². The summed E-state index contributed by atoms with van der Waals surface area (Å²) < 4.78 is 14.2. The number of hydrogen-bond donors (Lipinski definition) is 0. The molecule has 0 spiro atoms. The first-order valence-corrected chi connectivity index (χ1v) is 7.27. The van der Waals surface area contributed by atoms with E-state index in [-0.39, 0.29) is 30.6 Å². The van der Waals surface area contributed by atoms with E-state index in [4.69, 9.17) is 9.47 Å². The van der Waals surface area contributed by atoms with Crippen molar-refractivity contribution in [2.24, 2.45) is 17.3 Å². The molecular weight excluding hydrogens is 300 g/mol. The molecule has 126 valence electrons. The van der Waals surface area contributed by atoms with Crippen LogP contribution in [0.2, 0.25) is 0 Å². The Bertz CT molecular complexity index is 535. The molecule has 2 atom stereocenters. The molecule has 6 nitrogen and oxygen atoms in total. The minimum Gasteiger partial charge on any atom is -0.469 e. The lowest BCUT2D eigenvalue weighted by Crippen LogP contribution is -2.40. The van der Waals surface area contributed by atoms with Crippen molar-refractivity contribution in [1.29, 1.82) is 0 Å². The lowest BCUT2D eigenvalue weighted by molar-refractivity contribution is -0.168. The lowest BCUT2D eigenvalue weighted by atomic mass is 9.81. The summed E-state index contributed by atoms with van der Waals surface area (Å²) in [5.74, 6) is 3.74. The van der Waals surface area contributed by atoms with E-state index in [1.165, 1.54) is 21.3 Å². The first-order chi connectivity index (χ1) is 11.0. The molecule has 0 aromatic rings. The van der Waals surface area contributed by atoms with Crippen LogP contribution in [0, 0.1) is 29.1 Å². The standard InChI is InChI=1S/C17H22O6/c1-5-6-9-17(15(19)22-3,16(20)23-4)10-7-8-12-11-13(12)14(18)21-2/h7-8,12-13H,9-11H2,1-4H3/b8-7+/t12-,13+/m0/s1. The molecule has 1 aliphatic rings. The summed E-state index contributed by atoms with van der Waals surface area (Å²) in [6.45, 7) is 1.63. The quantitative estimate of drug-likeness (QED) is 0.232. The van der Waals surface area contributed by atoms with Crippen LogP contribution in [0.1, 0.15) is 26.2 Å². The smallest absolute Gasteiger partial charge is 0.324 e. The van der Waals surface area contributed by atoms with Gasteiger partial charge in [0.2, 0.25) is 0 Å². The molecule has 0 radical (unpaired) electrons. The van der Waals surface area contributed by atoms with Gasteiger partial charge in [-0.05, 0) is 25.7 Å². The van der Waals surface area contributed by atoms with Crippen LogP contribution < -0.4 is 0 Å². The van der Waals surface area contributed by atoms with Gasteiger partial charge in [-0.2, -0.15) is 0 Å². The van der Waals surface area contributed by atoms with Gasteiger partial charge in [-0.15, -0.1) is 11.8 Å². The number of esters is 3. The Balaban J connectivity index is 2.87. The van der Waals surface area contributed by atoms with Crippen LogP contribution in [0.5, 0.6) is 0 Å². The van der Waals surface area contributed by atoms with Gasteiger partial charge in [0.25, 0.3) is 0 Å². The molecule has 1 aliphatic carbocycles. The molecule has 0 aromatic heterocycles. The predicted octanol–water partition coefficient (Wildman–Crippen LogP) is 1.49. The second kappa shape index (κ2) is 8.37. The summed E-state index contributed by atoms with van der Waals surface area (Å²) in [7, 11) is 3.79. The summed E-state index contributed by atoms with van der Waals surface area (Å²) in [6.07, 6.45) is 4.35. The fourth-order valence-electron chi connectivity index (χ4n) is 2.39. The van der Waals surface area contributed by atoms with Crippen LogP contribution in [0.4, 0.5) is 0 Å². The average Bonchev–Trinajstić information content (AvgIpc) is 3.35. The Kier molecular flexibility index (Phi) is 6.83. The highest BCUT2D eigenvalue weighted by Crippen LogP contribution is 2.41. The van der Waals surface area contributed by atoms with Crippen LogP contribution in [0.25, 0.3) is 0 Å². The van der Waals surface area contributed by atoms with Crippen LogP contribution in [0.15, 0.2) is 12.2 Å². The SMILES string of the molecule is CC#CCC(C/C=C/[C@H]1C[C@H]1C(=O)OC)(C(=O)OC)C(=O)OC. The minimum atomic E-state index is -1.49. The van der Waals surface area contributed by atoms with Gasteiger partial charge in [0.15, 0.2) is 5.41 Å². The summed E-state index contributed by atoms with van der Waals surface area (Å²) in [6, 6.07) is 0. The molecule has 0 bridgehead atoms. The molecule has 23 heavy (non-hydrogen) atoms. The van der Waals surface area contributed by atoms with E-state index >= 15 is 0 Å². The van der Waals surface area contributed by atoms with Crippen LogP contribution in [-0.2, 0) is 28.6 Å². The molecule has 0 amide bonds. The number of ether oxygens (including phenoxy) is 3. The maximum Gasteiger partial charge on any atom is 0.324 e. The van der Waals surface area contributed by atoms with E-state index in [1.54, 1.807) is 13.0 Å². The fraction of sp³-hybridized carbons (Fsp3) is 0.588. The Labute approximate surface area is 136 Å². The van der Waals surface area contributed by atoms with Crippen LogP contribution in [0.3, 0.4) is 0 Å². The van der Waals surface area contributed by atoms with Crippen molar-refractivity contribution in [2.75, 3.05) is 21.3 Å². The van der Waals surface area contributed by atoms with Crippen molar-refractivity contribution in [1.82, 2.24) is 0 Å². The topological polar surface area (TPSA) is 78.9 Å². The van der Waals surface area contributed by atoms with E-state index in [2.05, 4.69) is 16.6 Å². The van der Waals surface area contributed by atoms with Crippen molar-refractivity contribution in [3.05, 3.63) is 12.2 Å². The molecule has 0 saturated heterocycles. The zero-order chi connectivity index (χ0) is 17.5. The van der Waals surface area contributed by atoms with Gasteiger partial charge in [-0.25, -0.2) is 0 Å². The molecule has 0 unspecified atom stereocenters. The van der Waals surface area contributed by atoms with Gasteiger partial charge in [0, 0.05) is 6.42 Å². The van der Waals surface area contributed by atoms with Gasteiger partial charge < -0.3 is 14.2 Å². The molecule has 1 rings (SSSR count). The second-order valence-corrected chi connectivity index (χ2v) is 5.33. The molecule has 0 aromatic carbocycles. The number of carbonyl (C=O) groups excluding carboxylic acids is 3. The minimum absolute atomic E-state index is 0.0122. The third kappa shape index (κ3) is 4.35. The third-order valence-corrected chi connectivity index (χ3v) is 3.91. The molecule has 0 N–H and O–H groups in total. The second-order valence-electron chi connectivity index (χ2n) is 5.33. The number of allylic oxidation sites excluding steroid dienone is 2. The van der Waals surface area contributed by atoms with Gasteiger partial charge in [-0.3, -0.25) is 14.4 Å². The highest BCUT2D eigenvalue weighted by Gasteiger charge is 2.47. The number of rotatable bonds is 7. The molecule has 0 heterocycles. The summed E-state index contributed by atoms with van der Waals surface area (Å²) in [5.41, 5.74) is -1.49. The van der Waals surface area contributed by atoms with Gasteiger partial charge in [-0.1, -0.05) is 12.2 Å². The zero-order valence-corrected chi connectivity index (χ0v) is 13.9. The van der Waals surface area contributed by atoms with Crippen molar-refractivity contribution >= 4 is 17.9 Å². The van der Waals surface area contributed by atoms with Crippen LogP contribution in [-0.4, -0.2) is 39.2 Å². The maximum atomic E-state index is 12.2. The third-order valence-electron chi connectivity index (χ3n) is 3.91. The highest BCUT2D eigenvalue weighted by molar-refractivity contribution is 6.00. The first kappa shape index (κ1) is 18.8. The maximum absolute atomic E-state index is 12.2. The lowest BCUT2D eigenvalue weighted by Gasteiger charge is -2.24. The average molecular weight is 322 g/mol. The number of hydrogen-bond acceptors (Lipinski definition) is 6. The van der Waals surface area contributed by atoms with Gasteiger partial charge in [0.1, 0.15) is 0 Å². The Morgan fingerprint density at radius 3 is 2.22 bits per heavy atom. The van der Waals surface area contributed by atoms with Crippen molar-refractivity contribution in [2.45, 2.75) is 26.2 Å². The fourth-order valence-corrected chi connectivity index (χ4v) is 2.39. The van der Waals surface area contributed by atoms with Gasteiger partial charge in [0.05, 0.1) is 27.2 Å². The zero-order valence-electron chi connectivity index (χ0n) is 13.9. The summed E-state index contributed by atoms with van der Waals surface area (Å²) >= 11 is 0. The van der Waals surface area contributed by atoms with E-state index in [9.17, 15) is 14.4 Å². The summed E-state index contributed by atoms with van der Waals surface area (Å²) in [5, 5.41) is 0. The molecule has 0 aliphatic heterocycles. The first-order valence-electron chi connectivity index (χ1n) is 7.27. The molecule has 1 fully saturated rings. The van der Waals surface area contributed by atoms with E-state index < -0.39 is 17.4 Å².